The van der Waals surface area contributed by atoms with Crippen LogP contribution in [-0.4, -0.2) is 27.5 Å². The van der Waals surface area contributed by atoms with Crippen molar-refractivity contribution in [1.29, 1.82) is 0 Å². The number of rotatable bonds is 4. The van der Waals surface area contributed by atoms with Gasteiger partial charge in [-0.3, -0.25) is 4.79 Å². The average Bonchev–Trinajstić information content (AvgIpc) is 2.27. The second-order valence-corrected chi connectivity index (χ2v) is 5.42. The summed E-state index contributed by atoms with van der Waals surface area (Å²) >= 11 is 0. The van der Waals surface area contributed by atoms with Crippen LogP contribution in [0.15, 0.2) is 12.3 Å². The average molecular weight is 250 g/mol. The van der Waals surface area contributed by atoms with Crippen LogP contribution >= 0.6 is 0 Å². The molecule has 0 bridgehead atoms. The van der Waals surface area contributed by atoms with Crippen molar-refractivity contribution in [1.82, 2.24) is 15.3 Å². The number of aromatic nitrogens is 2. The van der Waals surface area contributed by atoms with E-state index in [-0.39, 0.29) is 17.5 Å². The first-order chi connectivity index (χ1) is 8.31. The highest BCUT2D eigenvalue weighted by Crippen LogP contribution is 2.06. The first-order valence-corrected chi connectivity index (χ1v) is 6.24. The second-order valence-electron chi connectivity index (χ2n) is 5.42. The summed E-state index contributed by atoms with van der Waals surface area (Å²) in [5, 5.41) is 6.02. The highest BCUT2D eigenvalue weighted by molar-refractivity contribution is 5.92. The largest absolute Gasteiger partial charge is 0.352 e. The predicted molar refractivity (Wildman–Crippen MR) is 72.6 cm³/mol. The maximum absolute atomic E-state index is 11.9. The maximum Gasteiger partial charge on any atom is 0.270 e. The van der Waals surface area contributed by atoms with E-state index < -0.39 is 0 Å². The zero-order chi connectivity index (χ0) is 13.8. The highest BCUT2D eigenvalue weighted by atomic mass is 16.2. The van der Waals surface area contributed by atoms with Gasteiger partial charge in [-0.1, -0.05) is 6.92 Å². The molecule has 1 rings (SSSR count). The number of hydrogen-bond acceptors (Lipinski definition) is 4. The Morgan fingerprint density at radius 1 is 1.44 bits per heavy atom. The van der Waals surface area contributed by atoms with Crippen LogP contribution in [0.5, 0.6) is 0 Å². The smallest absolute Gasteiger partial charge is 0.270 e. The predicted octanol–water partition coefficient (Wildman–Crippen LogP) is 2.22. The molecular formula is C13H22N4O. The van der Waals surface area contributed by atoms with E-state index in [0.717, 1.165) is 6.42 Å². The number of hydrogen-bond donors (Lipinski definition) is 2. The molecular weight excluding hydrogens is 228 g/mol. The maximum atomic E-state index is 11.9. The number of nitrogens with one attached hydrogen (secondary N) is 2. The lowest BCUT2D eigenvalue weighted by molar-refractivity contribution is 0.0914. The summed E-state index contributed by atoms with van der Waals surface area (Å²) in [4.78, 5) is 20.3. The molecule has 0 aromatic carbocycles. The normalized spacial score (nSPS) is 12.9. The van der Waals surface area contributed by atoms with E-state index in [1.807, 2.05) is 27.7 Å². The molecule has 0 saturated heterocycles. The third kappa shape index (κ3) is 4.69. The molecule has 1 atom stereocenters. The van der Waals surface area contributed by atoms with Gasteiger partial charge in [0.05, 0.1) is 0 Å². The van der Waals surface area contributed by atoms with Crippen molar-refractivity contribution in [3.63, 3.8) is 0 Å². The van der Waals surface area contributed by atoms with Gasteiger partial charge in [0.1, 0.15) is 5.69 Å². The van der Waals surface area contributed by atoms with E-state index in [1.165, 1.54) is 0 Å². The molecule has 1 aromatic heterocycles. The van der Waals surface area contributed by atoms with Gasteiger partial charge in [-0.25, -0.2) is 9.97 Å². The molecule has 0 saturated carbocycles. The number of carbonyl (C=O) groups is 1. The van der Waals surface area contributed by atoms with Gasteiger partial charge >= 0.3 is 0 Å². The van der Waals surface area contributed by atoms with Crippen molar-refractivity contribution in [2.75, 3.05) is 5.32 Å². The first kappa shape index (κ1) is 14.4. The third-order valence-electron chi connectivity index (χ3n) is 2.36. The molecule has 0 spiro atoms. The van der Waals surface area contributed by atoms with Crippen LogP contribution in [-0.2, 0) is 0 Å². The quantitative estimate of drug-likeness (QED) is 0.859. The molecule has 100 valence electrons. The van der Waals surface area contributed by atoms with Gasteiger partial charge in [-0.05, 0) is 40.2 Å². The van der Waals surface area contributed by atoms with Gasteiger partial charge in [0, 0.05) is 17.8 Å². The van der Waals surface area contributed by atoms with E-state index in [0.29, 0.717) is 11.6 Å². The van der Waals surface area contributed by atoms with Gasteiger partial charge in [0.25, 0.3) is 5.91 Å². The van der Waals surface area contributed by atoms with E-state index >= 15 is 0 Å². The summed E-state index contributed by atoms with van der Waals surface area (Å²) in [5.74, 6) is 0.308. The Bertz CT molecular complexity index is 412. The topological polar surface area (TPSA) is 66.9 Å². The van der Waals surface area contributed by atoms with Gasteiger partial charge < -0.3 is 10.6 Å². The SMILES string of the molecule is CCC(C)Nc1nccc(C(=O)NC(C)(C)C)n1. The first-order valence-electron chi connectivity index (χ1n) is 6.24. The van der Waals surface area contributed by atoms with Crippen LogP contribution in [0.3, 0.4) is 0 Å². The second kappa shape index (κ2) is 5.80. The molecule has 18 heavy (non-hydrogen) atoms. The van der Waals surface area contributed by atoms with Crippen molar-refractivity contribution in [2.45, 2.75) is 52.6 Å². The summed E-state index contributed by atoms with van der Waals surface area (Å²) in [5.41, 5.74) is 0.109. The Labute approximate surface area is 108 Å². The van der Waals surface area contributed by atoms with Crippen molar-refractivity contribution in [3.8, 4) is 0 Å². The minimum Gasteiger partial charge on any atom is -0.352 e. The Hall–Kier alpha value is -1.65. The summed E-state index contributed by atoms with van der Waals surface area (Å²) < 4.78 is 0. The summed E-state index contributed by atoms with van der Waals surface area (Å²) in [6, 6.07) is 1.90. The van der Waals surface area contributed by atoms with Gasteiger partial charge in [0.15, 0.2) is 0 Å². The molecule has 5 nitrogen and oxygen atoms in total. The van der Waals surface area contributed by atoms with Crippen LogP contribution in [0.25, 0.3) is 0 Å². The highest BCUT2D eigenvalue weighted by Gasteiger charge is 2.16. The number of anilines is 1. The molecule has 1 amide bonds. The zero-order valence-electron chi connectivity index (χ0n) is 11.7. The van der Waals surface area contributed by atoms with Gasteiger partial charge in [-0.2, -0.15) is 0 Å². The monoisotopic (exact) mass is 250 g/mol. The number of carbonyl (C=O) groups excluding carboxylic acids is 1. The summed E-state index contributed by atoms with van der Waals surface area (Å²) in [6.07, 6.45) is 2.57. The van der Waals surface area contributed by atoms with Gasteiger partial charge in [-0.15, -0.1) is 0 Å². The van der Waals surface area contributed by atoms with E-state index in [9.17, 15) is 4.79 Å². The standard InChI is InChI=1S/C13H22N4O/c1-6-9(2)15-12-14-8-7-10(16-12)11(18)17-13(3,4)5/h7-9H,6H2,1-5H3,(H,17,18)(H,14,15,16). The molecule has 1 heterocycles. The summed E-state index contributed by atoms with van der Waals surface area (Å²) in [6.45, 7) is 9.93. The molecule has 1 unspecified atom stereocenters. The molecule has 0 aliphatic rings. The Kier molecular flexibility index (Phi) is 4.64. The van der Waals surface area contributed by atoms with Gasteiger partial charge in [0.2, 0.25) is 5.95 Å². The minimum absolute atomic E-state index is 0.183. The number of amides is 1. The Balaban J connectivity index is 2.78. The molecule has 0 aliphatic heterocycles. The van der Waals surface area contributed by atoms with Crippen molar-refractivity contribution in [3.05, 3.63) is 18.0 Å². The van der Waals surface area contributed by atoms with Crippen LogP contribution in [0.4, 0.5) is 5.95 Å². The van der Waals surface area contributed by atoms with Crippen LogP contribution in [0.1, 0.15) is 51.5 Å². The fraction of sp³-hybridized carbons (Fsp3) is 0.615. The fourth-order valence-corrected chi connectivity index (χ4v) is 1.28. The zero-order valence-corrected chi connectivity index (χ0v) is 11.7. The lowest BCUT2D eigenvalue weighted by atomic mass is 10.1. The van der Waals surface area contributed by atoms with Crippen molar-refractivity contribution < 1.29 is 4.79 Å². The molecule has 5 heteroatoms. The van der Waals surface area contributed by atoms with Crippen molar-refractivity contribution in [2.24, 2.45) is 0 Å². The van der Waals surface area contributed by atoms with Crippen molar-refractivity contribution >= 4 is 11.9 Å². The van der Waals surface area contributed by atoms with Crippen LogP contribution in [0.2, 0.25) is 0 Å². The lowest BCUT2D eigenvalue weighted by Crippen LogP contribution is -2.41. The molecule has 0 radical (unpaired) electrons. The molecule has 0 aliphatic carbocycles. The number of nitrogens with zero attached hydrogens (tertiary/aromatic N) is 2. The lowest BCUT2D eigenvalue weighted by Gasteiger charge is -2.20. The van der Waals surface area contributed by atoms with E-state index in [2.05, 4.69) is 27.5 Å². The van der Waals surface area contributed by atoms with Crippen LogP contribution in [0, 0.1) is 0 Å². The minimum atomic E-state index is -0.271. The molecule has 0 fully saturated rings. The van der Waals surface area contributed by atoms with E-state index in [1.54, 1.807) is 12.3 Å². The Morgan fingerprint density at radius 3 is 2.67 bits per heavy atom. The third-order valence-corrected chi connectivity index (χ3v) is 2.36. The Morgan fingerprint density at radius 2 is 2.11 bits per heavy atom. The summed E-state index contributed by atoms with van der Waals surface area (Å²) in [7, 11) is 0. The molecule has 1 aromatic rings. The molecule has 2 N–H and O–H groups in total. The fourth-order valence-electron chi connectivity index (χ4n) is 1.28. The van der Waals surface area contributed by atoms with Crippen LogP contribution < -0.4 is 10.6 Å². The van der Waals surface area contributed by atoms with E-state index in [4.69, 9.17) is 0 Å².